The van der Waals surface area contributed by atoms with Crippen molar-refractivity contribution in [3.63, 3.8) is 0 Å². The first-order valence-corrected chi connectivity index (χ1v) is 7.11. The number of carbonyl (C=O) groups excluding carboxylic acids is 1. The van der Waals surface area contributed by atoms with E-state index in [4.69, 9.17) is 19.3 Å². The molecule has 0 radical (unpaired) electrons. The van der Waals surface area contributed by atoms with E-state index in [2.05, 4.69) is 0 Å². The first kappa shape index (κ1) is 18.1. The Bertz CT molecular complexity index is 585. The number of aliphatic hydroxyl groups excluding tert-OH is 3. The van der Waals surface area contributed by atoms with Gasteiger partial charge in [-0.1, -0.05) is 12.1 Å². The summed E-state index contributed by atoms with van der Waals surface area (Å²) in [5.74, 6) is -1.67. The highest BCUT2D eigenvalue weighted by Gasteiger charge is 2.48. The average molecular weight is 342 g/mol. The number of benzene rings is 1. The van der Waals surface area contributed by atoms with Crippen LogP contribution in [-0.4, -0.2) is 63.1 Å². The third kappa shape index (κ3) is 4.20. The second kappa shape index (κ2) is 7.58. The molecule has 1 saturated heterocycles. The Hall–Kier alpha value is -2.20. The van der Waals surface area contributed by atoms with Gasteiger partial charge in [0.2, 0.25) is 6.29 Å². The van der Waals surface area contributed by atoms with Crippen LogP contribution in [0.25, 0.3) is 0 Å². The number of aliphatic hydroxyl groups is 3. The molecule has 0 aromatic heterocycles. The van der Waals surface area contributed by atoms with Gasteiger partial charge >= 0.3 is 11.9 Å². The van der Waals surface area contributed by atoms with Gasteiger partial charge in [-0.15, -0.1) is 0 Å². The van der Waals surface area contributed by atoms with Crippen LogP contribution in [0, 0.1) is 0 Å². The first-order valence-electron chi connectivity index (χ1n) is 7.11. The van der Waals surface area contributed by atoms with Crippen LogP contribution in [0.15, 0.2) is 24.3 Å². The zero-order valence-electron chi connectivity index (χ0n) is 12.7. The number of esters is 1. The van der Waals surface area contributed by atoms with E-state index in [1.54, 1.807) is 12.1 Å². The van der Waals surface area contributed by atoms with Crippen LogP contribution in [0.4, 0.5) is 0 Å². The highest BCUT2D eigenvalue weighted by molar-refractivity contribution is 5.73. The summed E-state index contributed by atoms with van der Waals surface area (Å²) in [6.45, 7) is 1.38. The molecule has 1 aliphatic heterocycles. The molecule has 9 nitrogen and oxygen atoms in total. The van der Waals surface area contributed by atoms with Gasteiger partial charge in [-0.05, 0) is 17.7 Å². The van der Waals surface area contributed by atoms with Gasteiger partial charge in [0, 0.05) is 6.92 Å². The lowest BCUT2D eigenvalue weighted by molar-refractivity contribution is -0.271. The summed E-state index contributed by atoms with van der Waals surface area (Å²) >= 11 is 0. The van der Waals surface area contributed by atoms with Gasteiger partial charge in [0.15, 0.2) is 6.10 Å². The summed E-state index contributed by atoms with van der Waals surface area (Å²) in [5.41, 5.74) is 0.696. The van der Waals surface area contributed by atoms with Crippen LogP contribution in [0.3, 0.4) is 0 Å². The molecule has 1 aromatic rings. The van der Waals surface area contributed by atoms with Crippen molar-refractivity contribution in [1.29, 1.82) is 0 Å². The van der Waals surface area contributed by atoms with Crippen molar-refractivity contribution >= 4 is 11.9 Å². The molecule has 0 amide bonds. The molecule has 0 aliphatic carbocycles. The second-order valence-corrected chi connectivity index (χ2v) is 5.28. The maximum atomic E-state index is 11.0. The lowest BCUT2D eigenvalue weighted by Crippen LogP contribution is -2.61. The van der Waals surface area contributed by atoms with Crippen molar-refractivity contribution in [2.75, 3.05) is 0 Å². The minimum absolute atomic E-state index is 0.0875. The number of ether oxygens (including phenoxy) is 3. The second-order valence-electron chi connectivity index (χ2n) is 5.28. The topological polar surface area (TPSA) is 143 Å². The van der Waals surface area contributed by atoms with Crippen molar-refractivity contribution in [2.24, 2.45) is 0 Å². The molecular formula is C15H18O9. The summed E-state index contributed by atoms with van der Waals surface area (Å²) in [5, 5.41) is 38.1. The van der Waals surface area contributed by atoms with Gasteiger partial charge in [-0.2, -0.15) is 0 Å². The number of aliphatic carboxylic acids is 1. The summed E-state index contributed by atoms with van der Waals surface area (Å²) < 4.78 is 15.2. The fraction of sp³-hybridized carbons (Fsp3) is 0.467. The summed E-state index contributed by atoms with van der Waals surface area (Å²) in [6, 6.07) is 6.21. The standard InChI is InChI=1S/C15H18O9/c1-7(16)22-6-8-2-4-9(5-3-8)23-15-12(19)10(17)11(18)13(24-15)14(20)21/h2-5,10-13,15,17-19H,6H2,1H3,(H,20,21)/t10-,11-,12+,13-,15?/m0/s1. The molecule has 1 aliphatic rings. The average Bonchev–Trinajstić information content (AvgIpc) is 2.54. The van der Waals surface area contributed by atoms with E-state index in [1.165, 1.54) is 19.1 Å². The highest BCUT2D eigenvalue weighted by Crippen LogP contribution is 2.24. The Morgan fingerprint density at radius 3 is 2.25 bits per heavy atom. The fourth-order valence-electron chi connectivity index (χ4n) is 2.13. The number of hydrogen-bond acceptors (Lipinski definition) is 8. The van der Waals surface area contributed by atoms with Crippen LogP contribution in [0.2, 0.25) is 0 Å². The molecule has 1 aromatic carbocycles. The Kier molecular flexibility index (Phi) is 5.73. The van der Waals surface area contributed by atoms with Crippen LogP contribution in [0.5, 0.6) is 5.75 Å². The van der Waals surface area contributed by atoms with E-state index in [-0.39, 0.29) is 12.4 Å². The summed E-state index contributed by atoms with van der Waals surface area (Å²) in [7, 11) is 0. The predicted octanol–water partition coefficient (Wildman–Crippen LogP) is -0.979. The van der Waals surface area contributed by atoms with Crippen LogP contribution in [-0.2, 0) is 25.7 Å². The molecule has 0 saturated carbocycles. The number of carbonyl (C=O) groups is 2. The largest absolute Gasteiger partial charge is 0.479 e. The lowest BCUT2D eigenvalue weighted by Gasteiger charge is -2.38. The molecule has 132 valence electrons. The number of rotatable bonds is 5. The van der Waals surface area contributed by atoms with Gasteiger partial charge in [-0.25, -0.2) is 4.79 Å². The van der Waals surface area contributed by atoms with E-state index in [0.29, 0.717) is 5.56 Å². The van der Waals surface area contributed by atoms with E-state index in [1.807, 2.05) is 0 Å². The van der Waals surface area contributed by atoms with Crippen molar-refractivity contribution in [1.82, 2.24) is 0 Å². The molecule has 9 heteroatoms. The smallest absolute Gasteiger partial charge is 0.335 e. The highest BCUT2D eigenvalue weighted by atomic mass is 16.7. The maximum absolute atomic E-state index is 11.0. The predicted molar refractivity (Wildman–Crippen MR) is 76.9 cm³/mol. The van der Waals surface area contributed by atoms with E-state index in [0.717, 1.165) is 0 Å². The van der Waals surface area contributed by atoms with Crippen LogP contribution >= 0.6 is 0 Å². The van der Waals surface area contributed by atoms with Crippen molar-refractivity contribution in [3.05, 3.63) is 29.8 Å². The number of carboxylic acid groups (broad SMARTS) is 1. The summed E-state index contributed by atoms with van der Waals surface area (Å²) in [4.78, 5) is 21.8. The minimum atomic E-state index is -1.77. The molecule has 0 spiro atoms. The number of carboxylic acids is 1. The quantitative estimate of drug-likeness (QED) is 0.496. The molecular weight excluding hydrogens is 324 g/mol. The zero-order chi connectivity index (χ0) is 17.9. The molecule has 1 unspecified atom stereocenters. The monoisotopic (exact) mass is 342 g/mol. The van der Waals surface area contributed by atoms with Crippen LogP contribution < -0.4 is 4.74 Å². The fourth-order valence-corrected chi connectivity index (χ4v) is 2.13. The first-order chi connectivity index (χ1) is 11.3. The Labute approximate surface area is 137 Å². The van der Waals surface area contributed by atoms with E-state index in [9.17, 15) is 24.9 Å². The van der Waals surface area contributed by atoms with Crippen molar-refractivity contribution < 1.29 is 44.2 Å². The Morgan fingerprint density at radius 2 is 1.71 bits per heavy atom. The molecule has 2 rings (SSSR count). The van der Waals surface area contributed by atoms with Gasteiger partial charge in [-0.3, -0.25) is 4.79 Å². The lowest BCUT2D eigenvalue weighted by atomic mass is 9.99. The number of hydrogen-bond donors (Lipinski definition) is 4. The molecule has 1 fully saturated rings. The van der Waals surface area contributed by atoms with E-state index >= 15 is 0 Å². The minimum Gasteiger partial charge on any atom is -0.479 e. The molecule has 1 heterocycles. The van der Waals surface area contributed by atoms with Crippen LogP contribution in [0.1, 0.15) is 12.5 Å². The molecule has 24 heavy (non-hydrogen) atoms. The van der Waals surface area contributed by atoms with Gasteiger partial charge in [0.1, 0.15) is 30.7 Å². The molecule has 5 atom stereocenters. The third-order valence-corrected chi connectivity index (χ3v) is 3.43. The molecule has 4 N–H and O–H groups in total. The Morgan fingerprint density at radius 1 is 1.08 bits per heavy atom. The molecule has 0 bridgehead atoms. The SMILES string of the molecule is CC(=O)OCc1ccc(OC2O[C@H](C(=O)O)[C@@H](O)[C@H](O)[C@H]2O)cc1. The zero-order valence-corrected chi connectivity index (χ0v) is 12.7. The normalized spacial score (nSPS) is 29.8. The van der Waals surface area contributed by atoms with Crippen molar-refractivity contribution in [2.45, 2.75) is 44.2 Å². The van der Waals surface area contributed by atoms with Gasteiger partial charge in [0.05, 0.1) is 0 Å². The van der Waals surface area contributed by atoms with Gasteiger partial charge < -0.3 is 34.6 Å². The van der Waals surface area contributed by atoms with Crippen molar-refractivity contribution in [3.8, 4) is 5.75 Å². The van der Waals surface area contributed by atoms with Gasteiger partial charge in [0.25, 0.3) is 0 Å². The summed E-state index contributed by atoms with van der Waals surface area (Å²) in [6.07, 6.45) is -8.33. The maximum Gasteiger partial charge on any atom is 0.335 e. The Balaban J connectivity index is 2.03. The van der Waals surface area contributed by atoms with E-state index < -0.39 is 42.6 Å². The third-order valence-electron chi connectivity index (χ3n) is 3.43.